The summed E-state index contributed by atoms with van der Waals surface area (Å²) in [5, 5.41) is 0. The minimum absolute atomic E-state index is 0.0252. The summed E-state index contributed by atoms with van der Waals surface area (Å²) in [6.07, 6.45) is 0.587. The maximum atomic E-state index is 12.2. The van der Waals surface area contributed by atoms with Gasteiger partial charge < -0.3 is 0 Å². The third kappa shape index (κ3) is 4.14. The highest BCUT2D eigenvalue weighted by molar-refractivity contribution is 5.99. The topological polar surface area (TPSA) is 34.1 Å². The van der Waals surface area contributed by atoms with Gasteiger partial charge in [0, 0.05) is 23.8 Å². The van der Waals surface area contributed by atoms with Gasteiger partial charge in [-0.25, -0.2) is 0 Å². The number of ketones is 2. The maximum Gasteiger partial charge on any atom is 0.163 e. The van der Waals surface area contributed by atoms with Gasteiger partial charge in [-0.15, -0.1) is 0 Å². The fourth-order valence-corrected chi connectivity index (χ4v) is 2.23. The Kier molecular flexibility index (Phi) is 4.92. The summed E-state index contributed by atoms with van der Waals surface area (Å²) >= 11 is 0. The van der Waals surface area contributed by atoms with Crippen molar-refractivity contribution in [1.82, 2.24) is 0 Å². The van der Waals surface area contributed by atoms with Crippen molar-refractivity contribution in [2.75, 3.05) is 0 Å². The third-order valence-electron chi connectivity index (χ3n) is 3.73. The minimum Gasteiger partial charge on any atom is -0.299 e. The van der Waals surface area contributed by atoms with Crippen molar-refractivity contribution >= 4 is 11.6 Å². The summed E-state index contributed by atoms with van der Waals surface area (Å²) in [5.74, 6) is 0.152. The summed E-state index contributed by atoms with van der Waals surface area (Å²) in [6.45, 7) is 5.65. The average Bonchev–Trinajstić information content (AvgIpc) is 2.52. The van der Waals surface area contributed by atoms with Crippen LogP contribution in [0.25, 0.3) is 11.1 Å². The van der Waals surface area contributed by atoms with Crippen LogP contribution in [0.15, 0.2) is 54.6 Å². The standard InChI is InChI=1S/C20H22O2/c1-20(2,3)19(22)14-13-18(21)17-11-9-16(10-12-17)15-7-5-4-6-8-15/h4-12H,13-14H2,1-3H3. The Bertz CT molecular complexity index is 646. The molecule has 22 heavy (non-hydrogen) atoms. The fraction of sp³-hybridized carbons (Fsp3) is 0.300. The van der Waals surface area contributed by atoms with Gasteiger partial charge in [0.2, 0.25) is 0 Å². The van der Waals surface area contributed by atoms with E-state index in [0.717, 1.165) is 11.1 Å². The van der Waals surface area contributed by atoms with Crippen molar-refractivity contribution < 1.29 is 9.59 Å². The lowest BCUT2D eigenvalue weighted by atomic mass is 9.87. The van der Waals surface area contributed by atoms with E-state index in [2.05, 4.69) is 0 Å². The molecule has 0 heterocycles. The van der Waals surface area contributed by atoms with Crippen LogP contribution < -0.4 is 0 Å². The molecular weight excluding hydrogens is 272 g/mol. The number of rotatable bonds is 5. The van der Waals surface area contributed by atoms with Gasteiger partial charge in [-0.3, -0.25) is 9.59 Å². The van der Waals surface area contributed by atoms with Crippen molar-refractivity contribution in [2.45, 2.75) is 33.6 Å². The van der Waals surface area contributed by atoms with Gasteiger partial charge in [-0.05, 0) is 11.1 Å². The Balaban J connectivity index is 2.02. The molecule has 2 nitrogen and oxygen atoms in total. The third-order valence-corrected chi connectivity index (χ3v) is 3.73. The highest BCUT2D eigenvalue weighted by Gasteiger charge is 2.21. The first-order chi connectivity index (χ1) is 10.4. The summed E-state index contributed by atoms with van der Waals surface area (Å²) in [7, 11) is 0. The van der Waals surface area contributed by atoms with E-state index < -0.39 is 0 Å². The maximum absolute atomic E-state index is 12.2. The molecule has 0 bridgehead atoms. The Hall–Kier alpha value is -2.22. The number of carbonyl (C=O) groups excluding carboxylic acids is 2. The summed E-state index contributed by atoms with van der Waals surface area (Å²) in [5.41, 5.74) is 2.51. The second-order valence-electron chi connectivity index (χ2n) is 6.54. The lowest BCUT2D eigenvalue weighted by Gasteiger charge is -2.15. The van der Waals surface area contributed by atoms with Crippen LogP contribution in [-0.2, 0) is 4.79 Å². The molecule has 0 N–H and O–H groups in total. The van der Waals surface area contributed by atoms with Gasteiger partial charge in [0.1, 0.15) is 5.78 Å². The van der Waals surface area contributed by atoms with E-state index in [0.29, 0.717) is 12.0 Å². The molecule has 2 rings (SSSR count). The minimum atomic E-state index is -0.378. The van der Waals surface area contributed by atoms with Crippen LogP contribution in [0.3, 0.4) is 0 Å². The lowest BCUT2D eigenvalue weighted by Crippen LogP contribution is -2.20. The zero-order valence-corrected chi connectivity index (χ0v) is 13.4. The van der Waals surface area contributed by atoms with E-state index in [4.69, 9.17) is 0 Å². The Labute approximate surface area is 132 Å². The molecule has 0 atom stereocenters. The molecule has 0 fully saturated rings. The van der Waals surface area contributed by atoms with E-state index >= 15 is 0 Å². The van der Waals surface area contributed by atoms with Crippen molar-refractivity contribution in [3.63, 3.8) is 0 Å². The van der Waals surface area contributed by atoms with Crippen LogP contribution >= 0.6 is 0 Å². The quantitative estimate of drug-likeness (QED) is 0.733. The fourth-order valence-electron chi connectivity index (χ4n) is 2.23. The highest BCUT2D eigenvalue weighted by Crippen LogP contribution is 2.21. The van der Waals surface area contributed by atoms with E-state index in [9.17, 15) is 9.59 Å². The van der Waals surface area contributed by atoms with Crippen LogP contribution in [-0.4, -0.2) is 11.6 Å². The van der Waals surface area contributed by atoms with Crippen molar-refractivity contribution in [3.05, 3.63) is 60.2 Å². The van der Waals surface area contributed by atoms with Gasteiger partial charge in [0.05, 0.1) is 0 Å². The largest absolute Gasteiger partial charge is 0.299 e. The van der Waals surface area contributed by atoms with Gasteiger partial charge in [-0.2, -0.15) is 0 Å². The molecular formula is C20H22O2. The van der Waals surface area contributed by atoms with Crippen molar-refractivity contribution in [1.29, 1.82) is 0 Å². The molecule has 0 amide bonds. The van der Waals surface area contributed by atoms with Crippen molar-refractivity contribution in [2.24, 2.45) is 5.41 Å². The van der Waals surface area contributed by atoms with Crippen molar-refractivity contribution in [3.8, 4) is 11.1 Å². The summed E-state index contributed by atoms with van der Waals surface area (Å²) < 4.78 is 0. The van der Waals surface area contributed by atoms with Crippen LogP contribution in [0.5, 0.6) is 0 Å². The number of carbonyl (C=O) groups is 2. The first-order valence-corrected chi connectivity index (χ1v) is 7.60. The normalized spacial score (nSPS) is 11.2. The predicted octanol–water partition coefficient (Wildman–Crippen LogP) is 4.93. The van der Waals surface area contributed by atoms with E-state index in [1.165, 1.54) is 0 Å². The number of hydrogen-bond acceptors (Lipinski definition) is 2. The molecule has 0 spiro atoms. The molecule has 0 unspecified atom stereocenters. The zero-order chi connectivity index (χ0) is 16.2. The SMILES string of the molecule is CC(C)(C)C(=O)CCC(=O)c1ccc(-c2ccccc2)cc1. The smallest absolute Gasteiger partial charge is 0.163 e. The second-order valence-corrected chi connectivity index (χ2v) is 6.54. The Morgan fingerprint density at radius 2 is 1.32 bits per heavy atom. The van der Waals surface area contributed by atoms with Crippen LogP contribution in [0, 0.1) is 5.41 Å². The summed E-state index contributed by atoms with van der Waals surface area (Å²) in [6, 6.07) is 17.6. The van der Waals surface area contributed by atoms with Gasteiger partial charge in [0.25, 0.3) is 0 Å². The lowest BCUT2D eigenvalue weighted by molar-refractivity contribution is -0.126. The molecule has 0 aliphatic heterocycles. The second kappa shape index (κ2) is 6.69. The van der Waals surface area contributed by atoms with Crippen LogP contribution in [0.2, 0.25) is 0 Å². The molecule has 0 aromatic heterocycles. The molecule has 2 aromatic rings. The monoisotopic (exact) mass is 294 g/mol. The van der Waals surface area contributed by atoms with Crippen LogP contribution in [0.4, 0.5) is 0 Å². The molecule has 2 aromatic carbocycles. The molecule has 0 aliphatic carbocycles. The number of hydrogen-bond donors (Lipinski definition) is 0. The van der Waals surface area contributed by atoms with E-state index in [1.54, 1.807) is 0 Å². The molecule has 2 heteroatoms. The molecule has 0 aliphatic rings. The predicted molar refractivity (Wildman–Crippen MR) is 89.9 cm³/mol. The van der Waals surface area contributed by atoms with Gasteiger partial charge in [-0.1, -0.05) is 75.4 Å². The zero-order valence-electron chi connectivity index (χ0n) is 13.4. The first kappa shape index (κ1) is 16.2. The summed E-state index contributed by atoms with van der Waals surface area (Å²) in [4.78, 5) is 24.1. The van der Waals surface area contributed by atoms with Gasteiger partial charge in [0.15, 0.2) is 5.78 Å². The first-order valence-electron chi connectivity index (χ1n) is 7.60. The Morgan fingerprint density at radius 1 is 0.773 bits per heavy atom. The molecule has 0 saturated carbocycles. The highest BCUT2D eigenvalue weighted by atomic mass is 16.1. The van der Waals surface area contributed by atoms with Crippen LogP contribution in [0.1, 0.15) is 44.0 Å². The molecule has 114 valence electrons. The van der Waals surface area contributed by atoms with Gasteiger partial charge >= 0.3 is 0 Å². The van der Waals surface area contributed by atoms with E-state index in [1.807, 2.05) is 75.4 Å². The number of Topliss-reactive ketones (excluding diaryl/α,β-unsaturated/α-hetero) is 2. The van der Waals surface area contributed by atoms with E-state index in [-0.39, 0.29) is 23.4 Å². The number of benzene rings is 2. The molecule has 0 saturated heterocycles. The molecule has 0 radical (unpaired) electrons. The average molecular weight is 294 g/mol. The Morgan fingerprint density at radius 3 is 1.86 bits per heavy atom.